The van der Waals surface area contributed by atoms with Gasteiger partial charge in [-0.1, -0.05) is 5.92 Å². The fourth-order valence-corrected chi connectivity index (χ4v) is 4.50. The zero-order valence-electron chi connectivity index (χ0n) is 15.2. The molecular weight excluding hydrogens is 358 g/mol. The van der Waals surface area contributed by atoms with Crippen molar-refractivity contribution < 1.29 is 39.4 Å². The van der Waals surface area contributed by atoms with E-state index in [1.54, 1.807) is 4.90 Å². The summed E-state index contributed by atoms with van der Waals surface area (Å²) in [6.45, 7) is -0.517. The number of likely N-dealkylation sites (tertiary alicyclic amines) is 1. The molecule has 152 valence electrons. The van der Waals surface area contributed by atoms with Crippen LogP contribution in [0.1, 0.15) is 25.7 Å². The van der Waals surface area contributed by atoms with Gasteiger partial charge in [0.05, 0.1) is 25.9 Å². The Morgan fingerprint density at radius 2 is 2.00 bits per heavy atom. The summed E-state index contributed by atoms with van der Waals surface area (Å²) >= 11 is 0. The largest absolute Gasteiger partial charge is 0.453 e. The number of rotatable bonds is 3. The molecule has 2 aliphatic heterocycles. The molecule has 9 nitrogen and oxygen atoms in total. The lowest BCUT2D eigenvalue weighted by Crippen LogP contribution is -2.60. The highest BCUT2D eigenvalue weighted by molar-refractivity contribution is 5.69. The van der Waals surface area contributed by atoms with Gasteiger partial charge in [0, 0.05) is 12.0 Å². The monoisotopic (exact) mass is 385 g/mol. The molecule has 9 atom stereocenters. The van der Waals surface area contributed by atoms with E-state index >= 15 is 0 Å². The maximum absolute atomic E-state index is 12.2. The molecule has 4 N–H and O–H groups in total. The van der Waals surface area contributed by atoms with E-state index in [1.165, 1.54) is 7.11 Å². The van der Waals surface area contributed by atoms with Crippen molar-refractivity contribution in [3.8, 4) is 12.3 Å². The Hall–Kier alpha value is -1.41. The molecule has 0 aromatic carbocycles. The predicted molar refractivity (Wildman–Crippen MR) is 91.3 cm³/mol. The Bertz CT molecular complexity index is 578. The number of aliphatic hydroxyl groups excluding tert-OH is 4. The molecule has 1 unspecified atom stereocenters. The summed E-state index contributed by atoms with van der Waals surface area (Å²) in [4.78, 5) is 13.7. The summed E-state index contributed by atoms with van der Waals surface area (Å²) in [5.74, 6) is 2.57. The molecule has 2 heterocycles. The third-order valence-electron chi connectivity index (χ3n) is 5.88. The molecule has 0 spiro atoms. The first-order chi connectivity index (χ1) is 12.9. The average molecular weight is 385 g/mol. The van der Waals surface area contributed by atoms with Gasteiger partial charge in [-0.25, -0.2) is 4.79 Å². The summed E-state index contributed by atoms with van der Waals surface area (Å²) in [5.41, 5.74) is 0. The zero-order chi connectivity index (χ0) is 19.7. The Morgan fingerprint density at radius 1 is 1.26 bits per heavy atom. The Kier molecular flexibility index (Phi) is 6.25. The number of terminal acetylenes is 1. The quantitative estimate of drug-likeness (QED) is 0.447. The van der Waals surface area contributed by atoms with Crippen LogP contribution in [0.25, 0.3) is 0 Å². The molecule has 9 heteroatoms. The second-order valence-electron chi connectivity index (χ2n) is 7.33. The number of fused-ring (bicyclic) bond motifs is 1. The molecule has 3 fully saturated rings. The van der Waals surface area contributed by atoms with Crippen molar-refractivity contribution in [2.45, 2.75) is 74.6 Å². The van der Waals surface area contributed by atoms with Gasteiger partial charge in [-0.05, 0) is 25.7 Å². The van der Waals surface area contributed by atoms with Crippen molar-refractivity contribution in [1.29, 1.82) is 0 Å². The number of nitrogens with zero attached hydrogens (tertiary/aromatic N) is 1. The van der Waals surface area contributed by atoms with E-state index < -0.39 is 49.4 Å². The van der Waals surface area contributed by atoms with Crippen LogP contribution in [0, 0.1) is 18.3 Å². The second-order valence-corrected chi connectivity index (χ2v) is 7.33. The molecule has 1 aliphatic carbocycles. The van der Waals surface area contributed by atoms with Crippen molar-refractivity contribution in [3.05, 3.63) is 0 Å². The highest BCUT2D eigenvalue weighted by atomic mass is 16.7. The molecule has 1 amide bonds. The molecular formula is C18H27NO8. The number of aliphatic hydroxyl groups is 4. The van der Waals surface area contributed by atoms with Crippen molar-refractivity contribution in [2.24, 2.45) is 5.92 Å². The lowest BCUT2D eigenvalue weighted by Gasteiger charge is -2.43. The molecule has 0 radical (unpaired) electrons. The van der Waals surface area contributed by atoms with E-state index in [9.17, 15) is 25.2 Å². The smallest absolute Gasteiger partial charge is 0.410 e. The summed E-state index contributed by atoms with van der Waals surface area (Å²) in [6.07, 6.45) is 0.953. The number of methoxy groups -OCH3 is 1. The molecule has 0 aromatic rings. The van der Waals surface area contributed by atoms with Gasteiger partial charge in [0.25, 0.3) is 0 Å². The van der Waals surface area contributed by atoms with Crippen molar-refractivity contribution >= 4 is 6.09 Å². The van der Waals surface area contributed by atoms with Gasteiger partial charge in [-0.15, -0.1) is 6.42 Å². The third-order valence-corrected chi connectivity index (χ3v) is 5.88. The van der Waals surface area contributed by atoms with Crippen LogP contribution in [-0.4, -0.2) is 94.0 Å². The maximum atomic E-state index is 12.2. The van der Waals surface area contributed by atoms with Crippen molar-refractivity contribution in [2.75, 3.05) is 13.7 Å². The fraction of sp³-hybridized carbons (Fsp3) is 0.833. The van der Waals surface area contributed by atoms with E-state index in [-0.39, 0.29) is 18.1 Å². The van der Waals surface area contributed by atoms with Gasteiger partial charge in [0.1, 0.15) is 24.4 Å². The van der Waals surface area contributed by atoms with Gasteiger partial charge in [0.2, 0.25) is 0 Å². The van der Waals surface area contributed by atoms with Crippen LogP contribution < -0.4 is 0 Å². The molecule has 3 rings (SSSR count). The van der Waals surface area contributed by atoms with Gasteiger partial charge in [-0.3, -0.25) is 4.90 Å². The van der Waals surface area contributed by atoms with Crippen LogP contribution in [-0.2, 0) is 14.2 Å². The molecule has 3 aliphatic rings. The number of carbonyl (C=O) groups excluding carboxylic acids is 1. The standard InChI is InChI=1S/C18H27NO8/c1-3-9-7-10-11(19(9)18(24)25-2)5-4-6-12(10)26-17-16(23)15(22)14(21)13(8-20)27-17/h1,9-17,20-23H,4-8H2,2H3/t9?,10-,11-,12+,13-,14-,15+,16-,17-/m1/s1. The first-order valence-corrected chi connectivity index (χ1v) is 9.21. The molecule has 0 aromatic heterocycles. The van der Waals surface area contributed by atoms with Gasteiger partial charge in [-0.2, -0.15) is 0 Å². The summed E-state index contributed by atoms with van der Waals surface area (Å²) in [6, 6.07) is -0.534. The van der Waals surface area contributed by atoms with Crippen molar-refractivity contribution in [3.63, 3.8) is 0 Å². The molecule has 0 bridgehead atoms. The third kappa shape index (κ3) is 3.66. The number of hydrogen-bond acceptors (Lipinski definition) is 8. The SMILES string of the molecule is C#CC1C[C@H]2[C@@H](O[C@@H]3O[C@H](CO)[C@@H](O)[C@H](O)[C@H]3O)CCC[C@H]2N1C(=O)OC. The minimum atomic E-state index is -1.49. The Balaban J connectivity index is 1.74. The van der Waals surface area contributed by atoms with E-state index in [0.717, 1.165) is 12.8 Å². The summed E-state index contributed by atoms with van der Waals surface area (Å²) in [5, 5.41) is 39.4. The fourth-order valence-electron chi connectivity index (χ4n) is 4.50. The predicted octanol–water partition coefficient (Wildman–Crippen LogP) is -1.19. The van der Waals surface area contributed by atoms with Gasteiger partial charge >= 0.3 is 6.09 Å². The first kappa shape index (κ1) is 20.3. The molecule has 1 saturated carbocycles. The first-order valence-electron chi connectivity index (χ1n) is 9.21. The number of hydrogen-bond donors (Lipinski definition) is 4. The summed E-state index contributed by atoms with van der Waals surface area (Å²) in [7, 11) is 1.31. The van der Waals surface area contributed by atoms with Crippen LogP contribution in [0.5, 0.6) is 0 Å². The average Bonchev–Trinajstić information content (AvgIpc) is 3.07. The maximum Gasteiger partial charge on any atom is 0.410 e. The van der Waals surface area contributed by atoms with Crippen LogP contribution in [0.3, 0.4) is 0 Å². The van der Waals surface area contributed by atoms with E-state index in [4.69, 9.17) is 20.6 Å². The highest BCUT2D eigenvalue weighted by Gasteiger charge is 2.51. The van der Waals surface area contributed by atoms with Crippen LogP contribution >= 0.6 is 0 Å². The zero-order valence-corrected chi connectivity index (χ0v) is 15.2. The van der Waals surface area contributed by atoms with Crippen LogP contribution in [0.15, 0.2) is 0 Å². The van der Waals surface area contributed by atoms with E-state index in [1.807, 2.05) is 0 Å². The number of amides is 1. The lowest BCUT2D eigenvalue weighted by atomic mass is 9.82. The van der Waals surface area contributed by atoms with E-state index in [0.29, 0.717) is 12.8 Å². The normalized spacial score (nSPS) is 44.4. The number of carbonyl (C=O) groups is 1. The van der Waals surface area contributed by atoms with Crippen LogP contribution in [0.4, 0.5) is 4.79 Å². The number of ether oxygens (including phenoxy) is 3. The minimum Gasteiger partial charge on any atom is -0.453 e. The topological polar surface area (TPSA) is 129 Å². The van der Waals surface area contributed by atoms with Gasteiger partial charge in [0.15, 0.2) is 6.29 Å². The molecule has 2 saturated heterocycles. The highest BCUT2D eigenvalue weighted by Crippen LogP contribution is 2.42. The molecule has 27 heavy (non-hydrogen) atoms. The summed E-state index contributed by atoms with van der Waals surface area (Å²) < 4.78 is 16.3. The minimum absolute atomic E-state index is 0.0636. The van der Waals surface area contributed by atoms with Gasteiger partial charge < -0.3 is 34.6 Å². The van der Waals surface area contributed by atoms with E-state index in [2.05, 4.69) is 5.92 Å². The second kappa shape index (κ2) is 8.31. The Morgan fingerprint density at radius 3 is 2.63 bits per heavy atom. The lowest BCUT2D eigenvalue weighted by molar-refractivity contribution is -0.317. The van der Waals surface area contributed by atoms with Crippen LogP contribution in [0.2, 0.25) is 0 Å². The van der Waals surface area contributed by atoms with Crippen molar-refractivity contribution in [1.82, 2.24) is 4.90 Å². The Labute approximate surface area is 157 Å².